The molecule has 0 radical (unpaired) electrons. The summed E-state index contributed by atoms with van der Waals surface area (Å²) in [5.41, 5.74) is 3.84. The van der Waals surface area contributed by atoms with Crippen molar-refractivity contribution in [1.29, 1.82) is 0 Å². The predicted molar refractivity (Wildman–Crippen MR) is 190 cm³/mol. The number of hydrogen-bond acceptors (Lipinski definition) is 9. The highest BCUT2D eigenvalue weighted by Gasteiger charge is 2.34. The molecule has 0 aliphatic carbocycles. The lowest BCUT2D eigenvalue weighted by Gasteiger charge is -2.40. The number of ether oxygens (including phenoxy) is 3. The van der Waals surface area contributed by atoms with Gasteiger partial charge >= 0.3 is 12.1 Å². The van der Waals surface area contributed by atoms with Gasteiger partial charge in [-0.3, -0.25) is 0 Å². The Morgan fingerprint density at radius 2 is 1.65 bits per heavy atom. The Balaban J connectivity index is 1.30. The second-order valence-corrected chi connectivity index (χ2v) is 13.9. The van der Waals surface area contributed by atoms with Crippen LogP contribution < -0.4 is 19.3 Å². The molecule has 1 fully saturated rings. The van der Waals surface area contributed by atoms with Crippen molar-refractivity contribution in [3.63, 3.8) is 0 Å². The summed E-state index contributed by atoms with van der Waals surface area (Å²) >= 11 is 0. The fraction of sp³-hybridized carbons (Fsp3) is 0.447. The highest BCUT2D eigenvalue weighted by molar-refractivity contribution is 5.96. The van der Waals surface area contributed by atoms with E-state index in [1.807, 2.05) is 53.1 Å². The lowest BCUT2D eigenvalue weighted by Crippen LogP contribution is -2.50. The molecule has 254 valence electrons. The van der Waals surface area contributed by atoms with Gasteiger partial charge in [-0.15, -0.1) is 0 Å². The van der Waals surface area contributed by atoms with Crippen LogP contribution in [0, 0.1) is 0 Å². The Hall–Kier alpha value is -4.57. The lowest BCUT2D eigenvalue weighted by molar-refractivity contribution is 0.0240. The van der Waals surface area contributed by atoms with E-state index < -0.39 is 5.60 Å². The van der Waals surface area contributed by atoms with Gasteiger partial charge in [-0.25, -0.2) is 4.79 Å². The smallest absolute Gasteiger partial charge is 0.410 e. The molecule has 0 spiro atoms. The molecule has 10 nitrogen and oxygen atoms in total. The van der Waals surface area contributed by atoms with Gasteiger partial charge < -0.3 is 33.8 Å². The number of carbonyl (C=O) groups is 1. The summed E-state index contributed by atoms with van der Waals surface area (Å²) in [5, 5.41) is 2.31. The van der Waals surface area contributed by atoms with Crippen LogP contribution in [-0.4, -0.2) is 91.4 Å². The molecule has 1 saturated heterocycles. The van der Waals surface area contributed by atoms with Crippen molar-refractivity contribution in [3.05, 3.63) is 83.6 Å². The maximum absolute atomic E-state index is 12.8. The summed E-state index contributed by atoms with van der Waals surface area (Å²) in [6.45, 7) is 12.9. The number of benzene rings is 3. The van der Waals surface area contributed by atoms with E-state index in [0.717, 1.165) is 59.0 Å². The van der Waals surface area contributed by atoms with Gasteiger partial charge in [-0.1, -0.05) is 54.6 Å². The highest BCUT2D eigenvalue weighted by atomic mass is 16.6. The summed E-state index contributed by atoms with van der Waals surface area (Å²) in [7, 11) is 4.04. The second kappa shape index (κ2) is 14.3. The van der Waals surface area contributed by atoms with E-state index in [9.17, 15) is 4.79 Å². The van der Waals surface area contributed by atoms with Gasteiger partial charge in [0.05, 0.1) is 11.7 Å². The largest absolute Gasteiger partial charge is 0.489 e. The van der Waals surface area contributed by atoms with Crippen LogP contribution in [0.5, 0.6) is 11.8 Å². The number of nitrogens with zero attached hydrogens (tertiary/aromatic N) is 6. The van der Waals surface area contributed by atoms with Gasteiger partial charge in [0, 0.05) is 62.0 Å². The Labute approximate surface area is 284 Å². The first kappa shape index (κ1) is 33.3. The molecule has 6 rings (SSSR count). The zero-order chi connectivity index (χ0) is 33.8. The number of anilines is 2. The molecule has 1 unspecified atom stereocenters. The molecule has 10 heteroatoms. The second-order valence-electron chi connectivity index (χ2n) is 13.9. The van der Waals surface area contributed by atoms with Crippen LogP contribution in [-0.2, 0) is 17.8 Å². The molecule has 2 aliphatic heterocycles. The van der Waals surface area contributed by atoms with E-state index >= 15 is 0 Å². The van der Waals surface area contributed by atoms with E-state index in [1.54, 1.807) is 4.90 Å². The topological polar surface area (TPSA) is 83.5 Å². The molecule has 48 heavy (non-hydrogen) atoms. The van der Waals surface area contributed by atoms with Crippen LogP contribution >= 0.6 is 0 Å². The number of carbonyl (C=O) groups excluding carboxylic acids is 1. The van der Waals surface area contributed by atoms with Gasteiger partial charge in [0.15, 0.2) is 0 Å². The monoisotopic (exact) mass is 652 g/mol. The number of fused-ring (bicyclic) bond motifs is 2. The zero-order valence-corrected chi connectivity index (χ0v) is 29.1. The number of aromatic nitrogens is 2. The van der Waals surface area contributed by atoms with Crippen molar-refractivity contribution in [2.24, 2.45) is 0 Å². The van der Waals surface area contributed by atoms with Crippen molar-refractivity contribution in [3.8, 4) is 11.8 Å². The van der Waals surface area contributed by atoms with Crippen LogP contribution in [0.2, 0.25) is 0 Å². The molecule has 1 atom stereocenters. The SMILES string of the molecule is CC1c2nc(OCCN(C)C)nc(N3CCN(C(=O)OC(C)(C)C)CC3)c2CCN1c1cc(OCc2ccccc2)cc2ccccc12. The van der Waals surface area contributed by atoms with Crippen molar-refractivity contribution < 1.29 is 19.0 Å². The first-order valence-electron chi connectivity index (χ1n) is 16.9. The Morgan fingerprint density at radius 1 is 0.917 bits per heavy atom. The summed E-state index contributed by atoms with van der Waals surface area (Å²) in [4.78, 5) is 31.4. The van der Waals surface area contributed by atoms with Crippen molar-refractivity contribution in [1.82, 2.24) is 19.8 Å². The van der Waals surface area contributed by atoms with Crippen molar-refractivity contribution >= 4 is 28.4 Å². The van der Waals surface area contributed by atoms with Gasteiger partial charge in [0.25, 0.3) is 0 Å². The third-order valence-electron chi connectivity index (χ3n) is 8.83. The molecule has 4 aromatic rings. The maximum Gasteiger partial charge on any atom is 0.410 e. The molecule has 0 bridgehead atoms. The molecular formula is C38H48N6O4. The van der Waals surface area contributed by atoms with Crippen LogP contribution in [0.25, 0.3) is 10.8 Å². The first-order chi connectivity index (χ1) is 23.1. The van der Waals surface area contributed by atoms with Crippen LogP contribution in [0.15, 0.2) is 66.7 Å². The molecule has 3 aromatic carbocycles. The van der Waals surface area contributed by atoms with E-state index in [4.69, 9.17) is 24.2 Å². The highest BCUT2D eigenvalue weighted by Crippen LogP contribution is 2.41. The van der Waals surface area contributed by atoms with Crippen LogP contribution in [0.1, 0.15) is 50.6 Å². The van der Waals surface area contributed by atoms with E-state index in [1.165, 1.54) is 5.39 Å². The van der Waals surface area contributed by atoms with E-state index in [2.05, 4.69) is 70.2 Å². The van der Waals surface area contributed by atoms with Crippen molar-refractivity contribution in [2.45, 2.75) is 52.4 Å². The Kier molecular flexibility index (Phi) is 9.91. The molecule has 0 N–H and O–H groups in total. The quantitative estimate of drug-likeness (QED) is 0.206. The van der Waals surface area contributed by atoms with Gasteiger partial charge in [-0.05, 0) is 65.2 Å². The average molecular weight is 653 g/mol. The van der Waals surface area contributed by atoms with Gasteiger partial charge in [-0.2, -0.15) is 9.97 Å². The molecule has 1 aromatic heterocycles. The summed E-state index contributed by atoms with van der Waals surface area (Å²) in [5.74, 6) is 1.74. The van der Waals surface area contributed by atoms with Gasteiger partial charge in [0.1, 0.15) is 30.4 Å². The maximum atomic E-state index is 12.8. The minimum atomic E-state index is -0.528. The first-order valence-corrected chi connectivity index (χ1v) is 16.9. The molecular weight excluding hydrogens is 604 g/mol. The van der Waals surface area contributed by atoms with Gasteiger partial charge in [0.2, 0.25) is 0 Å². The fourth-order valence-electron chi connectivity index (χ4n) is 6.35. The molecule has 3 heterocycles. The van der Waals surface area contributed by atoms with Crippen LogP contribution in [0.3, 0.4) is 0 Å². The fourth-order valence-corrected chi connectivity index (χ4v) is 6.35. The number of piperazine rings is 1. The molecule has 2 aliphatic rings. The minimum Gasteiger partial charge on any atom is -0.489 e. The van der Waals surface area contributed by atoms with Crippen LogP contribution in [0.4, 0.5) is 16.3 Å². The minimum absolute atomic E-state index is 0.0393. The summed E-state index contributed by atoms with van der Waals surface area (Å²) in [6.07, 6.45) is 0.508. The normalized spacial score (nSPS) is 16.6. The Bertz CT molecular complexity index is 1720. The van der Waals surface area contributed by atoms with E-state index in [0.29, 0.717) is 45.4 Å². The zero-order valence-electron chi connectivity index (χ0n) is 29.1. The lowest BCUT2D eigenvalue weighted by atomic mass is 9.96. The average Bonchev–Trinajstić information content (AvgIpc) is 3.07. The number of rotatable bonds is 9. The summed E-state index contributed by atoms with van der Waals surface area (Å²) < 4.78 is 18.2. The molecule has 1 amide bonds. The Morgan fingerprint density at radius 3 is 2.38 bits per heavy atom. The third kappa shape index (κ3) is 7.76. The summed E-state index contributed by atoms with van der Waals surface area (Å²) in [6, 6.07) is 23.4. The molecule has 0 saturated carbocycles. The third-order valence-corrected chi connectivity index (χ3v) is 8.83. The number of hydrogen-bond donors (Lipinski definition) is 0. The van der Waals surface area contributed by atoms with Crippen molar-refractivity contribution in [2.75, 3.05) is 69.8 Å². The number of amides is 1. The standard InChI is InChI=1S/C38H48N6O4/c1-27-34-32(16-17-44(27)33-25-30(24-29-14-10-11-15-31(29)33)47-26-28-12-8-7-9-13-28)35(40-36(39-34)46-23-22-41(5)6)42-18-20-43(21-19-42)37(45)48-38(2,3)4/h7-15,24-25,27H,16-23,26H2,1-6H3. The predicted octanol–water partition coefficient (Wildman–Crippen LogP) is 6.33. The van der Waals surface area contributed by atoms with E-state index in [-0.39, 0.29) is 12.1 Å². The number of likely N-dealkylation sites (N-methyl/N-ethyl adjacent to an activating group) is 1.